The molecule has 1 saturated heterocycles. The van der Waals surface area contributed by atoms with Gasteiger partial charge in [-0.1, -0.05) is 20.8 Å². The van der Waals surface area contributed by atoms with Gasteiger partial charge in [-0.3, -0.25) is 4.79 Å². The van der Waals surface area contributed by atoms with Crippen LogP contribution in [0.25, 0.3) is 0 Å². The molecule has 1 rings (SSSR count). The molecule has 0 spiro atoms. The van der Waals surface area contributed by atoms with Gasteiger partial charge in [0.05, 0.1) is 11.3 Å². The first-order valence-corrected chi connectivity index (χ1v) is 6.90. The lowest BCUT2D eigenvalue weighted by atomic mass is 10.1. The molecule has 0 aromatic carbocycles. The van der Waals surface area contributed by atoms with E-state index in [1.54, 1.807) is 16.7 Å². The van der Waals surface area contributed by atoms with Crippen LogP contribution in [0.1, 0.15) is 48.0 Å². The van der Waals surface area contributed by atoms with E-state index in [0.717, 1.165) is 6.29 Å². The first-order chi connectivity index (χ1) is 7.56. The van der Waals surface area contributed by atoms with E-state index in [2.05, 4.69) is 20.8 Å². The van der Waals surface area contributed by atoms with Gasteiger partial charge in [-0.15, -0.1) is 11.8 Å². The summed E-state index contributed by atoms with van der Waals surface area (Å²) in [6, 6.07) is -0.262. The Balaban J connectivity index is 2.89. The van der Waals surface area contributed by atoms with Gasteiger partial charge < -0.3 is 9.69 Å². The van der Waals surface area contributed by atoms with Gasteiger partial charge in [-0.25, -0.2) is 0 Å². The van der Waals surface area contributed by atoms with Crippen molar-refractivity contribution in [2.75, 3.05) is 0 Å². The number of carbonyl (C=O) groups excluding carboxylic acids is 2. The minimum absolute atomic E-state index is 0.0433. The molecule has 0 aromatic rings. The first kappa shape index (κ1) is 14.6. The Kier molecular flexibility index (Phi) is 3.97. The van der Waals surface area contributed by atoms with Crippen molar-refractivity contribution in [1.82, 2.24) is 4.90 Å². The Hall–Kier alpha value is -0.510. The summed E-state index contributed by atoms with van der Waals surface area (Å²) in [5.74, 6) is 0.106. The Morgan fingerprint density at radius 2 is 1.76 bits per heavy atom. The summed E-state index contributed by atoms with van der Waals surface area (Å²) in [5, 5.41) is -0.0792. The second-order valence-electron chi connectivity index (χ2n) is 6.54. The lowest BCUT2D eigenvalue weighted by Gasteiger charge is -2.35. The summed E-state index contributed by atoms with van der Waals surface area (Å²) in [6.45, 7) is 12.2. The fourth-order valence-corrected chi connectivity index (χ4v) is 3.58. The normalized spacial score (nSPS) is 26.5. The number of thioether (sulfide) groups is 1. The topological polar surface area (TPSA) is 37.4 Å². The van der Waals surface area contributed by atoms with Crippen molar-refractivity contribution in [3.63, 3.8) is 0 Å². The minimum Gasteiger partial charge on any atom is -0.327 e. The van der Waals surface area contributed by atoms with Crippen molar-refractivity contribution in [3.8, 4) is 0 Å². The van der Waals surface area contributed by atoms with Gasteiger partial charge >= 0.3 is 0 Å². The lowest BCUT2D eigenvalue weighted by molar-refractivity contribution is -0.135. The molecule has 1 heterocycles. The molecule has 0 aromatic heterocycles. The zero-order chi connectivity index (χ0) is 13.4. The van der Waals surface area contributed by atoms with E-state index >= 15 is 0 Å². The number of rotatable bonds is 2. The van der Waals surface area contributed by atoms with Crippen LogP contribution in [0.2, 0.25) is 0 Å². The Morgan fingerprint density at radius 1 is 1.24 bits per heavy atom. The number of hydrogen-bond donors (Lipinski definition) is 0. The van der Waals surface area contributed by atoms with Crippen LogP contribution in [0.15, 0.2) is 0 Å². The van der Waals surface area contributed by atoms with Crippen LogP contribution in [-0.4, -0.2) is 38.7 Å². The monoisotopic (exact) mass is 257 g/mol. The maximum atomic E-state index is 12.3. The van der Waals surface area contributed by atoms with Crippen LogP contribution in [0, 0.1) is 0 Å². The summed E-state index contributed by atoms with van der Waals surface area (Å²) in [6.07, 6.45) is 1.55. The first-order valence-electron chi connectivity index (χ1n) is 6.02. The highest BCUT2D eigenvalue weighted by molar-refractivity contribution is 8.01. The quantitative estimate of drug-likeness (QED) is 0.713. The highest BCUT2D eigenvalue weighted by Gasteiger charge is 2.45. The number of likely N-dealkylation sites (tertiary alicyclic amines) is 1. The van der Waals surface area contributed by atoms with E-state index in [1.807, 2.05) is 20.8 Å². The molecule has 1 aliphatic heterocycles. The van der Waals surface area contributed by atoms with Crippen molar-refractivity contribution >= 4 is 24.0 Å². The highest BCUT2D eigenvalue weighted by Crippen LogP contribution is 2.38. The van der Waals surface area contributed by atoms with Crippen LogP contribution < -0.4 is 0 Å². The smallest absolute Gasteiger partial charge is 0.236 e. The highest BCUT2D eigenvalue weighted by atomic mass is 32.2. The number of aldehydes is 1. The third-order valence-electron chi connectivity index (χ3n) is 2.68. The molecule has 0 radical (unpaired) electrons. The van der Waals surface area contributed by atoms with Crippen molar-refractivity contribution in [3.05, 3.63) is 0 Å². The second kappa shape index (κ2) is 4.63. The van der Waals surface area contributed by atoms with E-state index in [9.17, 15) is 9.59 Å². The fraction of sp³-hybridized carbons (Fsp3) is 0.846. The second-order valence-corrected chi connectivity index (χ2v) is 8.57. The number of carbonyl (C=O) groups is 2. The van der Waals surface area contributed by atoms with Gasteiger partial charge in [0.25, 0.3) is 0 Å². The van der Waals surface area contributed by atoms with Crippen LogP contribution in [0.5, 0.6) is 0 Å². The minimum atomic E-state index is -0.282. The largest absolute Gasteiger partial charge is 0.327 e. The zero-order valence-corrected chi connectivity index (χ0v) is 12.4. The number of hydrogen-bond acceptors (Lipinski definition) is 3. The van der Waals surface area contributed by atoms with E-state index in [1.165, 1.54) is 0 Å². The SMILES string of the molecule is CC(C)(C)SC1CC(C=O)N(C(C)(C)C)C1=O. The molecular weight excluding hydrogens is 234 g/mol. The molecule has 0 aliphatic carbocycles. The summed E-state index contributed by atoms with van der Waals surface area (Å²) < 4.78 is 0.0433. The van der Waals surface area contributed by atoms with E-state index in [-0.39, 0.29) is 27.5 Å². The van der Waals surface area contributed by atoms with Crippen molar-refractivity contribution in [1.29, 1.82) is 0 Å². The molecule has 2 unspecified atom stereocenters. The Bertz CT molecular complexity index is 314. The average molecular weight is 257 g/mol. The third kappa shape index (κ3) is 3.47. The van der Waals surface area contributed by atoms with Gasteiger partial charge in [0, 0.05) is 10.3 Å². The van der Waals surface area contributed by atoms with Gasteiger partial charge in [-0.05, 0) is 27.2 Å². The van der Waals surface area contributed by atoms with Crippen molar-refractivity contribution in [2.45, 2.75) is 69.5 Å². The third-order valence-corrected chi connectivity index (χ3v) is 4.06. The summed E-state index contributed by atoms with van der Waals surface area (Å²) in [4.78, 5) is 25.2. The maximum Gasteiger partial charge on any atom is 0.236 e. The Labute approximate surface area is 108 Å². The molecule has 98 valence electrons. The Morgan fingerprint density at radius 3 is 2.06 bits per heavy atom. The van der Waals surface area contributed by atoms with Gasteiger partial charge in [0.1, 0.15) is 6.29 Å². The van der Waals surface area contributed by atoms with E-state index in [4.69, 9.17) is 0 Å². The molecule has 3 nitrogen and oxygen atoms in total. The van der Waals surface area contributed by atoms with Crippen LogP contribution in [-0.2, 0) is 9.59 Å². The maximum absolute atomic E-state index is 12.3. The molecule has 1 amide bonds. The molecule has 17 heavy (non-hydrogen) atoms. The van der Waals surface area contributed by atoms with E-state index in [0.29, 0.717) is 6.42 Å². The zero-order valence-electron chi connectivity index (χ0n) is 11.6. The standard InChI is InChI=1S/C13H23NO2S/c1-12(2,3)14-9(8-15)7-10(11(14)16)17-13(4,5)6/h8-10H,7H2,1-6H3. The molecule has 0 N–H and O–H groups in total. The van der Waals surface area contributed by atoms with Crippen LogP contribution >= 0.6 is 11.8 Å². The molecule has 4 heteroatoms. The van der Waals surface area contributed by atoms with Crippen LogP contribution in [0.3, 0.4) is 0 Å². The van der Waals surface area contributed by atoms with E-state index < -0.39 is 0 Å². The molecule has 2 atom stereocenters. The van der Waals surface area contributed by atoms with Crippen molar-refractivity contribution in [2.24, 2.45) is 0 Å². The summed E-state index contributed by atoms with van der Waals surface area (Å²) in [7, 11) is 0. The lowest BCUT2D eigenvalue weighted by Crippen LogP contribution is -2.48. The molecule has 0 saturated carbocycles. The molecular formula is C13H23NO2S. The molecule has 1 aliphatic rings. The predicted octanol–water partition coefficient (Wildman–Crippen LogP) is 2.49. The molecule has 0 bridgehead atoms. The van der Waals surface area contributed by atoms with Crippen molar-refractivity contribution < 1.29 is 9.59 Å². The van der Waals surface area contributed by atoms with Crippen LogP contribution in [0.4, 0.5) is 0 Å². The van der Waals surface area contributed by atoms with Gasteiger partial charge in [-0.2, -0.15) is 0 Å². The average Bonchev–Trinajstić information content (AvgIpc) is 2.39. The predicted molar refractivity (Wildman–Crippen MR) is 72.2 cm³/mol. The summed E-state index contributed by atoms with van der Waals surface area (Å²) >= 11 is 1.66. The van der Waals surface area contributed by atoms with Gasteiger partial charge in [0.2, 0.25) is 5.91 Å². The fourth-order valence-electron chi connectivity index (χ4n) is 2.21. The number of nitrogens with zero attached hydrogens (tertiary/aromatic N) is 1. The number of amides is 1. The molecule has 1 fully saturated rings. The van der Waals surface area contributed by atoms with Gasteiger partial charge in [0.15, 0.2) is 0 Å². The summed E-state index contributed by atoms with van der Waals surface area (Å²) in [5.41, 5.74) is -0.282.